The minimum Gasteiger partial charge on any atom is -0.396 e. The largest absolute Gasteiger partial charge is 0.396 e. The lowest BCUT2D eigenvalue weighted by atomic mass is 9.89. The number of rotatable bonds is 5. The number of nitrogens with one attached hydrogen (secondary N) is 1. The molecule has 1 aromatic carbocycles. The average molecular weight is 292 g/mol. The lowest BCUT2D eigenvalue weighted by Crippen LogP contribution is -2.34. The maximum atomic E-state index is 13.1. The van der Waals surface area contributed by atoms with Gasteiger partial charge in [0.15, 0.2) is 11.6 Å². The monoisotopic (exact) mass is 291 g/mol. The van der Waals surface area contributed by atoms with Gasteiger partial charge in [-0.2, -0.15) is 0 Å². The van der Waals surface area contributed by atoms with Crippen LogP contribution in [0.3, 0.4) is 0 Å². The van der Waals surface area contributed by atoms with E-state index in [1.807, 2.05) is 13.8 Å². The molecule has 0 fully saturated rings. The molecule has 0 heterocycles. The first-order chi connectivity index (χ1) is 8.76. The Morgan fingerprint density at radius 2 is 1.95 bits per heavy atom. The second-order valence-corrected chi connectivity index (χ2v) is 5.47. The third-order valence-corrected chi connectivity index (χ3v) is 3.08. The second kappa shape index (κ2) is 6.30. The van der Waals surface area contributed by atoms with Crippen LogP contribution < -0.4 is 5.32 Å². The predicted molar refractivity (Wildman–Crippen MR) is 69.2 cm³/mol. The Morgan fingerprint density at radius 1 is 1.37 bits per heavy atom. The third-order valence-electron chi connectivity index (χ3n) is 2.77. The Morgan fingerprint density at radius 3 is 2.53 bits per heavy atom. The number of aliphatic hydroxyl groups excluding tert-OH is 1. The molecular formula is C13H16ClF2NO2. The van der Waals surface area contributed by atoms with Crippen molar-refractivity contribution in [2.45, 2.75) is 20.3 Å². The lowest BCUT2D eigenvalue weighted by Gasteiger charge is -2.23. The molecule has 0 aromatic heterocycles. The number of carbonyl (C=O) groups is 1. The van der Waals surface area contributed by atoms with Crippen LogP contribution >= 0.6 is 11.6 Å². The quantitative estimate of drug-likeness (QED) is 0.820. The Hall–Kier alpha value is -1.20. The Labute approximate surface area is 115 Å². The molecule has 2 N–H and O–H groups in total. The van der Waals surface area contributed by atoms with E-state index >= 15 is 0 Å². The zero-order chi connectivity index (χ0) is 14.6. The lowest BCUT2D eigenvalue weighted by molar-refractivity contribution is 0.0928. The summed E-state index contributed by atoms with van der Waals surface area (Å²) in [5, 5.41) is 11.3. The van der Waals surface area contributed by atoms with Gasteiger partial charge in [-0.25, -0.2) is 8.78 Å². The van der Waals surface area contributed by atoms with Crippen LogP contribution in [0.5, 0.6) is 0 Å². The minimum atomic E-state index is -1.12. The topological polar surface area (TPSA) is 49.3 Å². The van der Waals surface area contributed by atoms with Gasteiger partial charge in [-0.15, -0.1) is 0 Å². The van der Waals surface area contributed by atoms with Crippen molar-refractivity contribution >= 4 is 17.5 Å². The van der Waals surface area contributed by atoms with Gasteiger partial charge >= 0.3 is 0 Å². The molecule has 0 aliphatic rings. The van der Waals surface area contributed by atoms with E-state index in [4.69, 9.17) is 16.7 Å². The van der Waals surface area contributed by atoms with E-state index in [-0.39, 0.29) is 22.6 Å². The van der Waals surface area contributed by atoms with Gasteiger partial charge in [0.1, 0.15) is 0 Å². The first-order valence-electron chi connectivity index (χ1n) is 5.80. The van der Waals surface area contributed by atoms with E-state index in [2.05, 4.69) is 5.32 Å². The van der Waals surface area contributed by atoms with E-state index in [1.54, 1.807) is 0 Å². The summed E-state index contributed by atoms with van der Waals surface area (Å²) in [6, 6.07) is 1.54. The van der Waals surface area contributed by atoms with Crippen molar-refractivity contribution in [2.24, 2.45) is 5.41 Å². The molecule has 0 aliphatic carbocycles. The number of halogens is 3. The fourth-order valence-corrected chi connectivity index (χ4v) is 1.74. The molecule has 0 spiro atoms. The standard InChI is InChI=1S/C13H16ClF2NO2/c1-13(2,3-4-18)7-17-12(19)8-5-10(15)11(16)6-9(8)14/h5-6,18H,3-4,7H2,1-2H3,(H,17,19). The van der Waals surface area contributed by atoms with Gasteiger partial charge in [0.2, 0.25) is 0 Å². The van der Waals surface area contributed by atoms with Crippen molar-refractivity contribution in [2.75, 3.05) is 13.2 Å². The summed E-state index contributed by atoms with van der Waals surface area (Å²) >= 11 is 5.70. The Balaban J connectivity index is 2.77. The van der Waals surface area contributed by atoms with Crippen LogP contribution in [-0.4, -0.2) is 24.2 Å². The molecule has 0 radical (unpaired) electrons. The molecule has 0 atom stereocenters. The smallest absolute Gasteiger partial charge is 0.252 e. The third kappa shape index (κ3) is 4.44. The van der Waals surface area contributed by atoms with Gasteiger partial charge in [0.05, 0.1) is 10.6 Å². The average Bonchev–Trinajstić information content (AvgIpc) is 2.31. The zero-order valence-electron chi connectivity index (χ0n) is 10.8. The molecule has 6 heteroatoms. The van der Waals surface area contributed by atoms with Crippen molar-refractivity contribution in [3.8, 4) is 0 Å². The van der Waals surface area contributed by atoms with E-state index in [0.29, 0.717) is 13.0 Å². The van der Waals surface area contributed by atoms with Crippen LogP contribution in [0.15, 0.2) is 12.1 Å². The molecule has 1 rings (SSSR count). The maximum Gasteiger partial charge on any atom is 0.252 e. The summed E-state index contributed by atoms with van der Waals surface area (Å²) in [6.45, 7) is 4.04. The summed E-state index contributed by atoms with van der Waals surface area (Å²) in [5.74, 6) is -2.79. The summed E-state index contributed by atoms with van der Waals surface area (Å²) < 4.78 is 25.9. The van der Waals surface area contributed by atoms with Gasteiger partial charge in [-0.1, -0.05) is 25.4 Å². The molecule has 3 nitrogen and oxygen atoms in total. The summed E-state index contributed by atoms with van der Waals surface area (Å²) in [7, 11) is 0. The molecular weight excluding hydrogens is 276 g/mol. The Kier molecular flexibility index (Phi) is 5.26. The van der Waals surface area contributed by atoms with Gasteiger partial charge < -0.3 is 10.4 Å². The van der Waals surface area contributed by atoms with E-state index in [1.165, 1.54) is 0 Å². The summed E-state index contributed by atoms with van der Waals surface area (Å²) in [6.07, 6.45) is 0.513. The predicted octanol–water partition coefficient (Wildman–Crippen LogP) is 2.76. The number of hydrogen-bond acceptors (Lipinski definition) is 2. The fraction of sp³-hybridized carbons (Fsp3) is 0.462. The molecule has 1 aromatic rings. The Bertz CT molecular complexity index is 478. The van der Waals surface area contributed by atoms with Gasteiger partial charge in [0, 0.05) is 13.2 Å². The highest BCUT2D eigenvalue weighted by Gasteiger charge is 2.20. The molecule has 1 amide bonds. The molecule has 0 bridgehead atoms. The van der Waals surface area contributed by atoms with Crippen LogP contribution in [0.25, 0.3) is 0 Å². The first kappa shape index (κ1) is 15.9. The molecule has 0 unspecified atom stereocenters. The van der Waals surface area contributed by atoms with E-state index < -0.39 is 17.5 Å². The van der Waals surface area contributed by atoms with E-state index in [9.17, 15) is 13.6 Å². The summed E-state index contributed by atoms with van der Waals surface area (Å²) in [4.78, 5) is 11.8. The molecule has 0 saturated carbocycles. The minimum absolute atomic E-state index is 0.00873. The van der Waals surface area contributed by atoms with E-state index in [0.717, 1.165) is 12.1 Å². The van der Waals surface area contributed by atoms with Crippen molar-refractivity contribution in [1.82, 2.24) is 5.32 Å². The molecule has 19 heavy (non-hydrogen) atoms. The van der Waals surface area contributed by atoms with Gasteiger partial charge in [-0.3, -0.25) is 4.79 Å². The van der Waals surface area contributed by atoms with Crippen molar-refractivity contribution in [3.05, 3.63) is 34.4 Å². The number of hydrogen-bond donors (Lipinski definition) is 2. The van der Waals surface area contributed by atoms with Crippen molar-refractivity contribution in [1.29, 1.82) is 0 Å². The number of benzene rings is 1. The first-order valence-corrected chi connectivity index (χ1v) is 6.18. The highest BCUT2D eigenvalue weighted by Crippen LogP contribution is 2.21. The summed E-state index contributed by atoms with van der Waals surface area (Å²) in [5.41, 5.74) is -0.407. The SMILES string of the molecule is CC(C)(CCO)CNC(=O)c1cc(F)c(F)cc1Cl. The number of aliphatic hydroxyl groups is 1. The molecule has 106 valence electrons. The molecule has 0 aliphatic heterocycles. The van der Waals surface area contributed by atoms with Gasteiger partial charge in [-0.05, 0) is 24.0 Å². The van der Waals surface area contributed by atoms with Crippen molar-refractivity contribution in [3.63, 3.8) is 0 Å². The van der Waals surface area contributed by atoms with Crippen molar-refractivity contribution < 1.29 is 18.7 Å². The van der Waals surface area contributed by atoms with Gasteiger partial charge in [0.25, 0.3) is 5.91 Å². The highest BCUT2D eigenvalue weighted by molar-refractivity contribution is 6.33. The second-order valence-electron chi connectivity index (χ2n) is 5.07. The van der Waals surface area contributed by atoms with Crippen LogP contribution in [0.1, 0.15) is 30.6 Å². The maximum absolute atomic E-state index is 13.1. The molecule has 0 saturated heterocycles. The number of amides is 1. The van der Waals surface area contributed by atoms with Crippen LogP contribution in [0, 0.1) is 17.0 Å². The fourth-order valence-electron chi connectivity index (χ4n) is 1.50. The van der Waals surface area contributed by atoms with Crippen LogP contribution in [0.2, 0.25) is 5.02 Å². The normalized spacial score (nSPS) is 11.5. The zero-order valence-corrected chi connectivity index (χ0v) is 11.5. The van der Waals surface area contributed by atoms with Crippen LogP contribution in [-0.2, 0) is 0 Å². The highest BCUT2D eigenvalue weighted by atomic mass is 35.5. The van der Waals surface area contributed by atoms with Crippen LogP contribution in [0.4, 0.5) is 8.78 Å². The number of carbonyl (C=O) groups excluding carboxylic acids is 1.